The van der Waals surface area contributed by atoms with Gasteiger partial charge in [-0.3, -0.25) is 14.6 Å². The van der Waals surface area contributed by atoms with Crippen LogP contribution < -0.4 is 5.32 Å². The average molecular weight is 341 g/mol. The highest BCUT2D eigenvalue weighted by Crippen LogP contribution is 2.34. The van der Waals surface area contributed by atoms with Gasteiger partial charge in [0.05, 0.1) is 6.04 Å². The van der Waals surface area contributed by atoms with Crippen LogP contribution in [0, 0.1) is 0 Å². The van der Waals surface area contributed by atoms with Gasteiger partial charge >= 0.3 is 0 Å². The van der Waals surface area contributed by atoms with E-state index in [9.17, 15) is 9.59 Å². The zero-order chi connectivity index (χ0) is 16.8. The van der Waals surface area contributed by atoms with E-state index in [1.165, 1.54) is 17.0 Å². The van der Waals surface area contributed by atoms with Crippen LogP contribution in [0.3, 0.4) is 0 Å². The van der Waals surface area contributed by atoms with E-state index in [4.69, 9.17) is 0 Å². The van der Waals surface area contributed by atoms with Crippen molar-refractivity contribution >= 4 is 23.2 Å². The Morgan fingerprint density at radius 1 is 1.33 bits per heavy atom. The van der Waals surface area contributed by atoms with E-state index in [0.717, 1.165) is 24.9 Å². The van der Waals surface area contributed by atoms with Crippen LogP contribution in [0.25, 0.3) is 0 Å². The zero-order valence-electron chi connectivity index (χ0n) is 13.2. The van der Waals surface area contributed by atoms with Crippen LogP contribution in [-0.4, -0.2) is 28.2 Å². The molecule has 1 aliphatic heterocycles. The second kappa shape index (κ2) is 7.88. The highest BCUT2D eigenvalue weighted by Gasteiger charge is 2.29. The van der Waals surface area contributed by atoms with Crippen molar-refractivity contribution in [2.75, 3.05) is 6.54 Å². The number of likely N-dealkylation sites (tertiary alicyclic amines) is 1. The molecule has 0 spiro atoms. The molecule has 2 aromatic heterocycles. The molecule has 3 heterocycles. The number of nitrogens with one attached hydrogen (secondary N) is 1. The second-order valence-electron chi connectivity index (χ2n) is 5.62. The predicted molar refractivity (Wildman–Crippen MR) is 93.2 cm³/mol. The Labute approximate surface area is 145 Å². The predicted octanol–water partition coefficient (Wildman–Crippen LogP) is 2.68. The van der Waals surface area contributed by atoms with Gasteiger partial charge in [-0.25, -0.2) is 0 Å². The average Bonchev–Trinajstić information content (AvgIpc) is 3.29. The number of pyridine rings is 1. The molecule has 6 heteroatoms. The molecule has 24 heavy (non-hydrogen) atoms. The van der Waals surface area contributed by atoms with Crippen LogP contribution in [0.1, 0.15) is 29.3 Å². The molecule has 0 radical (unpaired) electrons. The lowest BCUT2D eigenvalue weighted by Gasteiger charge is -2.22. The number of carbonyl (C=O) groups excluding carboxylic acids is 2. The minimum Gasteiger partial charge on any atom is -0.348 e. The summed E-state index contributed by atoms with van der Waals surface area (Å²) < 4.78 is 0. The van der Waals surface area contributed by atoms with E-state index in [0.29, 0.717) is 6.54 Å². The number of hydrogen-bond acceptors (Lipinski definition) is 4. The molecule has 1 saturated heterocycles. The highest BCUT2D eigenvalue weighted by atomic mass is 32.1. The van der Waals surface area contributed by atoms with Crippen LogP contribution in [0.5, 0.6) is 0 Å². The normalized spacial score (nSPS) is 17.3. The molecule has 1 aliphatic rings. The fourth-order valence-corrected chi connectivity index (χ4v) is 3.67. The quantitative estimate of drug-likeness (QED) is 0.851. The van der Waals surface area contributed by atoms with Crippen LogP contribution in [0.2, 0.25) is 0 Å². The Morgan fingerprint density at radius 2 is 2.25 bits per heavy atom. The van der Waals surface area contributed by atoms with E-state index in [2.05, 4.69) is 16.4 Å². The Morgan fingerprint density at radius 3 is 3.00 bits per heavy atom. The number of thiophene rings is 1. The van der Waals surface area contributed by atoms with Crippen molar-refractivity contribution in [1.29, 1.82) is 0 Å². The van der Waals surface area contributed by atoms with Gasteiger partial charge in [0.25, 0.3) is 0 Å². The summed E-state index contributed by atoms with van der Waals surface area (Å²) in [5, 5.41) is 4.78. The monoisotopic (exact) mass is 341 g/mol. The fourth-order valence-electron chi connectivity index (χ4n) is 2.80. The van der Waals surface area contributed by atoms with Gasteiger partial charge in [0, 0.05) is 42.5 Å². The van der Waals surface area contributed by atoms with Gasteiger partial charge in [-0.2, -0.15) is 0 Å². The summed E-state index contributed by atoms with van der Waals surface area (Å²) >= 11 is 1.67. The molecule has 1 atom stereocenters. The van der Waals surface area contributed by atoms with Gasteiger partial charge in [0.15, 0.2) is 0 Å². The number of aromatic nitrogens is 1. The first-order chi connectivity index (χ1) is 11.7. The molecule has 0 aromatic carbocycles. The largest absolute Gasteiger partial charge is 0.348 e. The lowest BCUT2D eigenvalue weighted by Crippen LogP contribution is -2.29. The van der Waals surface area contributed by atoms with Crippen LogP contribution in [0.4, 0.5) is 0 Å². The van der Waals surface area contributed by atoms with Crippen molar-refractivity contribution in [3.63, 3.8) is 0 Å². The van der Waals surface area contributed by atoms with Crippen molar-refractivity contribution in [2.24, 2.45) is 0 Å². The Balaban J connectivity index is 1.53. The molecule has 3 rings (SSSR count). The van der Waals surface area contributed by atoms with E-state index < -0.39 is 0 Å². The van der Waals surface area contributed by atoms with E-state index in [1.807, 2.05) is 28.5 Å². The smallest absolute Gasteiger partial charge is 0.247 e. The van der Waals surface area contributed by atoms with Crippen molar-refractivity contribution in [2.45, 2.75) is 25.4 Å². The Hall–Kier alpha value is -2.47. The minimum absolute atomic E-state index is 0.109. The lowest BCUT2D eigenvalue weighted by molar-refractivity contribution is -0.127. The minimum atomic E-state index is -0.279. The van der Waals surface area contributed by atoms with Gasteiger partial charge < -0.3 is 10.2 Å². The maximum absolute atomic E-state index is 12.4. The third-order valence-corrected chi connectivity index (χ3v) is 4.95. The van der Waals surface area contributed by atoms with Crippen molar-refractivity contribution < 1.29 is 9.59 Å². The standard InChI is InChI=1S/C18H19N3O2S/c22-17(20-13-14-4-1-9-19-12-14)7-8-18(23)21-10-2-5-15(21)16-6-3-11-24-16/h1,3-4,6-9,11-12,15H,2,5,10,13H2,(H,20,22)/b8-7+/t15-/m0/s1. The molecular weight excluding hydrogens is 322 g/mol. The van der Waals surface area contributed by atoms with Crippen LogP contribution in [-0.2, 0) is 16.1 Å². The molecule has 5 nitrogen and oxygen atoms in total. The zero-order valence-corrected chi connectivity index (χ0v) is 14.0. The van der Waals surface area contributed by atoms with Crippen molar-refractivity contribution in [1.82, 2.24) is 15.2 Å². The molecule has 124 valence electrons. The molecule has 2 amide bonds. The topological polar surface area (TPSA) is 62.3 Å². The summed E-state index contributed by atoms with van der Waals surface area (Å²) in [6, 6.07) is 7.91. The summed E-state index contributed by atoms with van der Waals surface area (Å²) in [5.74, 6) is -0.387. The van der Waals surface area contributed by atoms with Gasteiger partial charge in [-0.15, -0.1) is 11.3 Å². The summed E-state index contributed by atoms with van der Waals surface area (Å²) in [5.41, 5.74) is 0.919. The second-order valence-corrected chi connectivity index (χ2v) is 6.60. The van der Waals surface area contributed by atoms with Crippen LogP contribution >= 0.6 is 11.3 Å². The fraction of sp³-hybridized carbons (Fsp3) is 0.278. The maximum Gasteiger partial charge on any atom is 0.247 e. The van der Waals surface area contributed by atoms with Gasteiger partial charge in [0.2, 0.25) is 11.8 Å². The van der Waals surface area contributed by atoms with E-state index in [-0.39, 0.29) is 17.9 Å². The molecule has 0 bridgehead atoms. The first-order valence-electron chi connectivity index (χ1n) is 7.93. The molecular formula is C18H19N3O2S. The van der Waals surface area contributed by atoms with Crippen LogP contribution in [0.15, 0.2) is 54.2 Å². The molecule has 2 aromatic rings. The summed E-state index contributed by atoms with van der Waals surface area (Å²) in [7, 11) is 0. The summed E-state index contributed by atoms with van der Waals surface area (Å²) in [4.78, 5) is 31.3. The first-order valence-corrected chi connectivity index (χ1v) is 8.81. The molecule has 1 N–H and O–H groups in total. The summed E-state index contributed by atoms with van der Waals surface area (Å²) in [6.45, 7) is 1.13. The third kappa shape index (κ3) is 4.08. The SMILES string of the molecule is O=C(/C=C/C(=O)N1CCC[C@H]1c1cccs1)NCc1cccnc1. The molecule has 0 aliphatic carbocycles. The summed E-state index contributed by atoms with van der Waals surface area (Å²) in [6.07, 6.45) is 8.03. The molecule has 0 unspecified atom stereocenters. The Kier molecular flexibility index (Phi) is 5.38. The Bertz CT molecular complexity index is 713. The van der Waals surface area contributed by atoms with E-state index in [1.54, 1.807) is 23.7 Å². The number of hydrogen-bond donors (Lipinski definition) is 1. The van der Waals surface area contributed by atoms with Gasteiger partial charge in [-0.1, -0.05) is 12.1 Å². The van der Waals surface area contributed by atoms with Crippen molar-refractivity contribution in [3.05, 3.63) is 64.6 Å². The highest BCUT2D eigenvalue weighted by molar-refractivity contribution is 7.10. The number of carbonyl (C=O) groups is 2. The molecule has 0 saturated carbocycles. The van der Waals surface area contributed by atoms with E-state index >= 15 is 0 Å². The van der Waals surface area contributed by atoms with Gasteiger partial charge in [0.1, 0.15) is 0 Å². The third-order valence-electron chi connectivity index (χ3n) is 3.97. The number of nitrogens with zero attached hydrogens (tertiary/aromatic N) is 2. The number of amides is 2. The molecule has 1 fully saturated rings. The van der Waals surface area contributed by atoms with Gasteiger partial charge in [-0.05, 0) is 35.9 Å². The first kappa shape index (κ1) is 16.4. The number of rotatable bonds is 5. The van der Waals surface area contributed by atoms with Crippen molar-refractivity contribution in [3.8, 4) is 0 Å². The maximum atomic E-state index is 12.4. The lowest BCUT2D eigenvalue weighted by atomic mass is 10.2.